The van der Waals surface area contributed by atoms with Crippen LogP contribution in [0.3, 0.4) is 0 Å². The first-order valence-electron chi connectivity index (χ1n) is 5.78. The second kappa shape index (κ2) is 5.03. The molecule has 0 aliphatic heterocycles. The monoisotopic (exact) mass is 236 g/mol. The Morgan fingerprint density at radius 1 is 1.44 bits per heavy atom. The van der Waals surface area contributed by atoms with Gasteiger partial charge in [0.2, 0.25) is 0 Å². The van der Waals surface area contributed by atoms with Crippen LogP contribution in [0.15, 0.2) is 29.8 Å². The molecule has 0 amide bonds. The normalized spacial score (nSPS) is 20.7. The minimum absolute atomic E-state index is 0.257. The third-order valence-electron chi connectivity index (χ3n) is 3.05. The summed E-state index contributed by atoms with van der Waals surface area (Å²) in [7, 11) is 0. The van der Waals surface area contributed by atoms with Crippen molar-refractivity contribution < 1.29 is 5.11 Å². The molecule has 1 aromatic rings. The van der Waals surface area contributed by atoms with Gasteiger partial charge in [-0.15, -0.1) is 0 Å². The third kappa shape index (κ3) is 2.87. The van der Waals surface area contributed by atoms with Crippen molar-refractivity contribution in [2.24, 2.45) is 0 Å². The fourth-order valence-electron chi connectivity index (χ4n) is 2.16. The van der Waals surface area contributed by atoms with Crippen molar-refractivity contribution in [2.75, 3.05) is 0 Å². The highest BCUT2D eigenvalue weighted by Gasteiger charge is 2.12. The summed E-state index contributed by atoms with van der Waals surface area (Å²) < 4.78 is 0. The molecule has 1 aliphatic rings. The third-order valence-corrected chi connectivity index (χ3v) is 3.40. The highest BCUT2D eigenvalue weighted by molar-refractivity contribution is 6.31. The largest absolute Gasteiger partial charge is 0.389 e. The average molecular weight is 237 g/mol. The van der Waals surface area contributed by atoms with Crippen LogP contribution in [0.5, 0.6) is 0 Å². The van der Waals surface area contributed by atoms with Gasteiger partial charge < -0.3 is 5.11 Å². The molecule has 2 heteroatoms. The van der Waals surface area contributed by atoms with Crippen molar-refractivity contribution in [2.45, 2.75) is 38.7 Å². The van der Waals surface area contributed by atoms with E-state index in [1.54, 1.807) is 0 Å². The van der Waals surface area contributed by atoms with Crippen LogP contribution in [0.4, 0.5) is 0 Å². The number of rotatable bonds is 2. The van der Waals surface area contributed by atoms with Gasteiger partial charge in [-0.3, -0.25) is 0 Å². The van der Waals surface area contributed by atoms with Crippen LogP contribution in [0.1, 0.15) is 30.4 Å². The summed E-state index contributed by atoms with van der Waals surface area (Å²) >= 11 is 6.20. The van der Waals surface area contributed by atoms with Gasteiger partial charge >= 0.3 is 0 Å². The van der Waals surface area contributed by atoms with E-state index in [2.05, 4.69) is 12.1 Å². The van der Waals surface area contributed by atoms with Crippen molar-refractivity contribution in [1.29, 1.82) is 0 Å². The molecule has 2 rings (SSSR count). The van der Waals surface area contributed by atoms with Gasteiger partial charge in [0, 0.05) is 5.02 Å². The molecular weight excluding hydrogens is 220 g/mol. The number of hydrogen-bond acceptors (Lipinski definition) is 1. The molecule has 0 saturated carbocycles. The second-order valence-electron chi connectivity index (χ2n) is 4.56. The Bertz CT molecular complexity index is 409. The summed E-state index contributed by atoms with van der Waals surface area (Å²) in [6.07, 6.45) is 5.66. The maximum Gasteiger partial charge on any atom is 0.0723 e. The molecule has 0 heterocycles. The van der Waals surface area contributed by atoms with E-state index < -0.39 is 0 Å². The summed E-state index contributed by atoms with van der Waals surface area (Å²) in [5.74, 6) is 0. The molecule has 1 atom stereocenters. The summed E-state index contributed by atoms with van der Waals surface area (Å²) in [5.41, 5.74) is 3.66. The molecule has 1 aliphatic carbocycles. The number of aliphatic hydroxyl groups excluding tert-OH is 1. The smallest absolute Gasteiger partial charge is 0.0723 e. The van der Waals surface area contributed by atoms with Crippen molar-refractivity contribution in [3.05, 3.63) is 46.0 Å². The maximum absolute atomic E-state index is 9.56. The number of hydrogen-bond donors (Lipinski definition) is 1. The molecule has 0 spiro atoms. The SMILES string of the molecule is Cc1ccc(CC2=CC(O)CCC2)c(Cl)c1. The quantitative estimate of drug-likeness (QED) is 0.777. The standard InChI is InChI=1S/C14H17ClO/c1-10-5-6-12(14(15)7-10)8-11-3-2-4-13(16)9-11/h5-7,9,13,16H,2-4,8H2,1H3. The Kier molecular flexibility index (Phi) is 3.67. The van der Waals surface area contributed by atoms with E-state index in [1.807, 2.05) is 19.1 Å². The molecule has 0 saturated heterocycles. The Morgan fingerprint density at radius 2 is 2.25 bits per heavy atom. The van der Waals surface area contributed by atoms with Crippen molar-refractivity contribution in [1.82, 2.24) is 0 Å². The molecule has 1 aromatic carbocycles. The van der Waals surface area contributed by atoms with Crippen LogP contribution in [-0.4, -0.2) is 11.2 Å². The van der Waals surface area contributed by atoms with Gasteiger partial charge in [-0.05, 0) is 49.8 Å². The van der Waals surface area contributed by atoms with E-state index in [-0.39, 0.29) is 6.10 Å². The summed E-state index contributed by atoms with van der Waals surface area (Å²) in [5, 5.41) is 10.4. The first-order valence-corrected chi connectivity index (χ1v) is 6.15. The molecule has 0 aromatic heterocycles. The number of allylic oxidation sites excluding steroid dienone is 1. The molecule has 1 nitrogen and oxygen atoms in total. The van der Waals surface area contributed by atoms with Gasteiger partial charge in [-0.1, -0.05) is 35.4 Å². The number of benzene rings is 1. The van der Waals surface area contributed by atoms with Gasteiger partial charge in [0.05, 0.1) is 6.10 Å². The van der Waals surface area contributed by atoms with E-state index in [1.165, 1.54) is 11.1 Å². The highest BCUT2D eigenvalue weighted by atomic mass is 35.5. The lowest BCUT2D eigenvalue weighted by Crippen LogP contribution is -2.10. The number of aliphatic hydroxyl groups is 1. The lowest BCUT2D eigenvalue weighted by Gasteiger charge is -2.17. The predicted molar refractivity (Wildman–Crippen MR) is 67.8 cm³/mol. The van der Waals surface area contributed by atoms with E-state index in [0.29, 0.717) is 0 Å². The summed E-state index contributed by atoms with van der Waals surface area (Å²) in [6.45, 7) is 2.04. The van der Waals surface area contributed by atoms with Crippen molar-refractivity contribution in [3.63, 3.8) is 0 Å². The minimum Gasteiger partial charge on any atom is -0.389 e. The molecule has 16 heavy (non-hydrogen) atoms. The molecule has 0 fully saturated rings. The molecule has 1 unspecified atom stereocenters. The lowest BCUT2D eigenvalue weighted by atomic mass is 9.92. The molecular formula is C14H17ClO. The molecule has 86 valence electrons. The topological polar surface area (TPSA) is 20.2 Å². The van der Waals surface area contributed by atoms with Gasteiger partial charge in [-0.25, -0.2) is 0 Å². The Morgan fingerprint density at radius 3 is 2.94 bits per heavy atom. The van der Waals surface area contributed by atoms with Crippen LogP contribution in [0, 0.1) is 6.92 Å². The van der Waals surface area contributed by atoms with Crippen molar-refractivity contribution in [3.8, 4) is 0 Å². The highest BCUT2D eigenvalue weighted by Crippen LogP contribution is 2.25. The fraction of sp³-hybridized carbons (Fsp3) is 0.429. The Hall–Kier alpha value is -0.790. The zero-order valence-electron chi connectivity index (χ0n) is 9.54. The fourth-order valence-corrected chi connectivity index (χ4v) is 2.47. The zero-order chi connectivity index (χ0) is 11.5. The van der Waals surface area contributed by atoms with Crippen LogP contribution in [-0.2, 0) is 6.42 Å². The van der Waals surface area contributed by atoms with E-state index in [9.17, 15) is 5.11 Å². The summed E-state index contributed by atoms with van der Waals surface area (Å²) in [4.78, 5) is 0. The van der Waals surface area contributed by atoms with E-state index in [0.717, 1.165) is 36.3 Å². The van der Waals surface area contributed by atoms with Crippen LogP contribution < -0.4 is 0 Å². The van der Waals surface area contributed by atoms with Crippen LogP contribution in [0.25, 0.3) is 0 Å². The number of aryl methyl sites for hydroxylation is 1. The van der Waals surface area contributed by atoms with Gasteiger partial charge in [0.25, 0.3) is 0 Å². The second-order valence-corrected chi connectivity index (χ2v) is 4.96. The Balaban J connectivity index is 2.14. The number of halogens is 1. The lowest BCUT2D eigenvalue weighted by molar-refractivity contribution is 0.202. The van der Waals surface area contributed by atoms with Gasteiger partial charge in [-0.2, -0.15) is 0 Å². The average Bonchev–Trinajstić information content (AvgIpc) is 2.22. The van der Waals surface area contributed by atoms with Crippen LogP contribution >= 0.6 is 11.6 Å². The molecule has 0 bridgehead atoms. The molecule has 0 radical (unpaired) electrons. The van der Waals surface area contributed by atoms with E-state index >= 15 is 0 Å². The summed E-state index contributed by atoms with van der Waals surface area (Å²) in [6, 6.07) is 6.16. The van der Waals surface area contributed by atoms with Gasteiger partial charge in [0.1, 0.15) is 0 Å². The first kappa shape index (κ1) is 11.7. The Labute approximate surface area is 102 Å². The predicted octanol–water partition coefficient (Wildman–Crippen LogP) is 3.66. The zero-order valence-corrected chi connectivity index (χ0v) is 10.3. The first-order chi connectivity index (χ1) is 7.65. The minimum atomic E-state index is -0.257. The van der Waals surface area contributed by atoms with E-state index in [4.69, 9.17) is 11.6 Å². The molecule has 1 N–H and O–H groups in total. The van der Waals surface area contributed by atoms with Crippen LogP contribution in [0.2, 0.25) is 5.02 Å². The van der Waals surface area contributed by atoms with Crippen molar-refractivity contribution >= 4 is 11.6 Å². The maximum atomic E-state index is 9.56. The van der Waals surface area contributed by atoms with Gasteiger partial charge in [0.15, 0.2) is 0 Å².